The van der Waals surface area contributed by atoms with E-state index in [1.807, 2.05) is 0 Å². The van der Waals surface area contributed by atoms with Crippen LogP contribution in [-0.4, -0.2) is 41.8 Å². The number of hydrogen-bond acceptors (Lipinski definition) is 6. The molecule has 1 aliphatic rings. The van der Waals surface area contributed by atoms with Gasteiger partial charge in [0.15, 0.2) is 11.5 Å². The van der Waals surface area contributed by atoms with Crippen molar-refractivity contribution >= 4 is 22.0 Å². The summed E-state index contributed by atoms with van der Waals surface area (Å²) in [6, 6.07) is 12.4. The van der Waals surface area contributed by atoms with Gasteiger partial charge in [0.05, 0.1) is 0 Å². The predicted molar refractivity (Wildman–Crippen MR) is 116 cm³/mol. The molecule has 1 amide bonds. The maximum atomic E-state index is 14.7. The third kappa shape index (κ3) is 3.96. The summed E-state index contributed by atoms with van der Waals surface area (Å²) in [5, 5.41) is 0. The third-order valence-corrected chi connectivity index (χ3v) is 6.07. The minimum atomic E-state index is -4.34. The fourth-order valence-corrected chi connectivity index (χ4v) is 4.43. The zero-order valence-corrected chi connectivity index (χ0v) is 18.1. The normalized spacial score (nSPS) is 18.5. The first kappa shape index (κ1) is 22.5. The van der Waals surface area contributed by atoms with E-state index in [0.717, 1.165) is 11.0 Å². The van der Waals surface area contributed by atoms with Crippen molar-refractivity contribution in [2.45, 2.75) is 11.3 Å². The summed E-state index contributed by atoms with van der Waals surface area (Å²) in [5.74, 6) is -3.01. The number of rotatable bonds is 5. The van der Waals surface area contributed by atoms with E-state index in [0.29, 0.717) is 0 Å². The minimum absolute atomic E-state index is 0.108. The second-order valence-corrected chi connectivity index (χ2v) is 8.96. The molecule has 0 radical (unpaired) electrons. The van der Waals surface area contributed by atoms with Crippen LogP contribution < -0.4 is 5.73 Å². The number of aromatic nitrogens is 1. The number of guanidine groups is 1. The van der Waals surface area contributed by atoms with Crippen LogP contribution in [0, 0.1) is 11.8 Å². The second kappa shape index (κ2) is 8.01. The first-order valence-electron chi connectivity index (χ1n) is 9.62. The Morgan fingerprint density at radius 2 is 1.79 bits per heavy atom. The number of halogens is 2. The third-order valence-electron chi connectivity index (χ3n) is 5.37. The molecule has 2 aromatic carbocycles. The molecular formula is C22H18F2N4O4S. The van der Waals surface area contributed by atoms with E-state index in [1.165, 1.54) is 61.8 Å². The number of amides is 1. The predicted octanol–water partition coefficient (Wildman–Crippen LogP) is 2.44. The van der Waals surface area contributed by atoms with Crippen LogP contribution in [0.3, 0.4) is 0 Å². The number of hydrogen-bond donors (Lipinski definition) is 2. The zero-order chi connectivity index (χ0) is 24.0. The summed E-state index contributed by atoms with van der Waals surface area (Å²) in [6.07, 6.45) is 1.23. The standard InChI is InChI=1S/C22H18F2N4O4S/c1-28-20(29)22(27-21(28)25,14-5-2-4-13(10-14)12-33(30,31)32)15-7-8-18(23)17(11-15)16-6-3-9-26-19(16)24/h2-11H,12H2,1H3,(H2,25,27)(H,30,31,32). The Balaban J connectivity index is 1.97. The first-order valence-corrected chi connectivity index (χ1v) is 11.2. The molecule has 0 aliphatic carbocycles. The van der Waals surface area contributed by atoms with Crippen molar-refractivity contribution in [3.63, 3.8) is 0 Å². The Labute approximate surface area is 188 Å². The van der Waals surface area contributed by atoms with Crippen molar-refractivity contribution in [3.05, 3.63) is 89.2 Å². The van der Waals surface area contributed by atoms with Gasteiger partial charge in [0.25, 0.3) is 16.0 Å². The van der Waals surface area contributed by atoms with E-state index in [4.69, 9.17) is 5.73 Å². The number of nitrogens with zero attached hydrogens (tertiary/aromatic N) is 3. The fourth-order valence-electron chi connectivity index (χ4n) is 3.82. The van der Waals surface area contributed by atoms with Crippen LogP contribution >= 0.6 is 0 Å². The van der Waals surface area contributed by atoms with Crippen LogP contribution in [0.2, 0.25) is 0 Å². The molecule has 170 valence electrons. The lowest BCUT2D eigenvalue weighted by molar-refractivity contribution is -0.129. The Morgan fingerprint density at radius 3 is 2.42 bits per heavy atom. The molecule has 4 rings (SSSR count). The van der Waals surface area contributed by atoms with Gasteiger partial charge in [-0.1, -0.05) is 30.3 Å². The van der Waals surface area contributed by atoms with Gasteiger partial charge < -0.3 is 5.73 Å². The number of aliphatic imine (C=N–C) groups is 1. The van der Waals surface area contributed by atoms with Crippen LogP contribution in [0.5, 0.6) is 0 Å². The van der Waals surface area contributed by atoms with Gasteiger partial charge in [-0.25, -0.2) is 14.4 Å². The Morgan fingerprint density at radius 1 is 1.06 bits per heavy atom. The molecule has 0 fully saturated rings. The van der Waals surface area contributed by atoms with E-state index in [2.05, 4.69) is 9.98 Å². The van der Waals surface area contributed by atoms with Crippen molar-refractivity contribution < 1.29 is 26.5 Å². The van der Waals surface area contributed by atoms with Crippen molar-refractivity contribution in [1.82, 2.24) is 9.88 Å². The Bertz CT molecular complexity index is 1410. The largest absolute Gasteiger partial charge is 0.369 e. The van der Waals surface area contributed by atoms with E-state index >= 15 is 0 Å². The number of pyridine rings is 1. The van der Waals surface area contributed by atoms with E-state index in [9.17, 15) is 26.5 Å². The highest BCUT2D eigenvalue weighted by molar-refractivity contribution is 7.85. The van der Waals surface area contributed by atoms with Crippen LogP contribution in [0.4, 0.5) is 8.78 Å². The van der Waals surface area contributed by atoms with Gasteiger partial charge >= 0.3 is 0 Å². The Hall–Kier alpha value is -3.70. The first-order chi connectivity index (χ1) is 15.5. The molecule has 3 N–H and O–H groups in total. The monoisotopic (exact) mass is 472 g/mol. The summed E-state index contributed by atoms with van der Waals surface area (Å²) in [7, 11) is -2.93. The summed E-state index contributed by atoms with van der Waals surface area (Å²) in [5.41, 5.74) is 4.53. The summed E-state index contributed by atoms with van der Waals surface area (Å²) >= 11 is 0. The fraction of sp³-hybridized carbons (Fsp3) is 0.136. The summed E-state index contributed by atoms with van der Waals surface area (Å²) in [4.78, 5) is 22.5. The molecule has 1 unspecified atom stereocenters. The lowest BCUT2D eigenvalue weighted by Crippen LogP contribution is -2.41. The van der Waals surface area contributed by atoms with Crippen molar-refractivity contribution in [3.8, 4) is 11.1 Å². The molecule has 1 aliphatic heterocycles. The van der Waals surface area contributed by atoms with Crippen LogP contribution in [-0.2, 0) is 26.2 Å². The molecule has 1 atom stereocenters. The maximum absolute atomic E-state index is 14.7. The molecule has 0 saturated heterocycles. The van der Waals surface area contributed by atoms with E-state index < -0.39 is 39.1 Å². The number of likely N-dealkylation sites (N-methyl/N-ethyl adjacent to an activating group) is 1. The summed E-state index contributed by atoms with van der Waals surface area (Å²) < 4.78 is 61.0. The molecule has 0 spiro atoms. The molecule has 33 heavy (non-hydrogen) atoms. The maximum Gasteiger partial charge on any atom is 0.269 e. The molecule has 1 aromatic heterocycles. The van der Waals surface area contributed by atoms with Gasteiger partial charge in [0.2, 0.25) is 5.95 Å². The average molecular weight is 472 g/mol. The highest BCUT2D eigenvalue weighted by Gasteiger charge is 2.49. The number of nitrogens with two attached hydrogens (primary N) is 1. The molecule has 2 heterocycles. The lowest BCUT2D eigenvalue weighted by atomic mass is 9.81. The molecular weight excluding hydrogens is 454 g/mol. The van der Waals surface area contributed by atoms with Crippen molar-refractivity contribution in [2.75, 3.05) is 7.05 Å². The molecule has 0 saturated carbocycles. The highest BCUT2D eigenvalue weighted by atomic mass is 32.2. The minimum Gasteiger partial charge on any atom is -0.369 e. The van der Waals surface area contributed by atoms with Crippen LogP contribution in [0.25, 0.3) is 11.1 Å². The van der Waals surface area contributed by atoms with Gasteiger partial charge in [-0.3, -0.25) is 14.2 Å². The Kier molecular flexibility index (Phi) is 5.46. The number of benzene rings is 2. The van der Waals surface area contributed by atoms with Gasteiger partial charge in [-0.15, -0.1) is 0 Å². The van der Waals surface area contributed by atoms with Crippen LogP contribution in [0.1, 0.15) is 16.7 Å². The molecule has 3 aromatic rings. The van der Waals surface area contributed by atoms with Crippen LogP contribution in [0.15, 0.2) is 65.8 Å². The van der Waals surface area contributed by atoms with Crippen molar-refractivity contribution in [1.29, 1.82) is 0 Å². The lowest BCUT2D eigenvalue weighted by Gasteiger charge is -2.27. The smallest absolute Gasteiger partial charge is 0.269 e. The van der Waals surface area contributed by atoms with Gasteiger partial charge in [-0.05, 0) is 41.0 Å². The topological polar surface area (TPSA) is 126 Å². The van der Waals surface area contributed by atoms with Gasteiger partial charge in [0.1, 0.15) is 11.6 Å². The zero-order valence-electron chi connectivity index (χ0n) is 17.2. The second-order valence-electron chi connectivity index (χ2n) is 7.51. The number of carbonyl (C=O) groups is 1. The SMILES string of the molecule is CN1C(=O)C(c2cccc(CS(=O)(=O)O)c2)(c2ccc(F)c(-c3cccnc3F)c2)N=C1N. The quantitative estimate of drug-likeness (QED) is 0.434. The number of carbonyl (C=O) groups excluding carboxylic acids is 1. The molecule has 0 bridgehead atoms. The highest BCUT2D eigenvalue weighted by Crippen LogP contribution is 2.41. The van der Waals surface area contributed by atoms with Crippen molar-refractivity contribution in [2.24, 2.45) is 10.7 Å². The van der Waals surface area contributed by atoms with Gasteiger partial charge in [0, 0.05) is 24.4 Å². The molecule has 11 heteroatoms. The van der Waals surface area contributed by atoms with Gasteiger partial charge in [-0.2, -0.15) is 12.8 Å². The average Bonchev–Trinajstić information content (AvgIpc) is 2.98. The summed E-state index contributed by atoms with van der Waals surface area (Å²) in [6.45, 7) is 0. The van der Waals surface area contributed by atoms with E-state index in [1.54, 1.807) is 0 Å². The molecule has 8 nitrogen and oxygen atoms in total. The van der Waals surface area contributed by atoms with E-state index in [-0.39, 0.29) is 33.8 Å².